The van der Waals surface area contributed by atoms with Crippen molar-refractivity contribution in [2.75, 3.05) is 105 Å². The monoisotopic (exact) mass is 956 g/mol. The Labute approximate surface area is 358 Å². The number of hydrogen-bond donors (Lipinski definition) is 0. The molecule has 0 aromatic carbocycles. The molecule has 0 aromatic heterocycles. The van der Waals surface area contributed by atoms with Gasteiger partial charge in [-0.15, -0.1) is 0 Å². The van der Waals surface area contributed by atoms with Gasteiger partial charge in [-0.3, -0.25) is 0 Å². The SMILES string of the molecule is CCO[Si](CCCCSSSCCCC[Si](OCC)(OCC)OCC)(OCC)OCC.CO[Si](CCCSSSCCC[Si](OC)(OC)OC)(OC)OC. The minimum Gasteiger partial charge on any atom is -0.377 e. The molecule has 0 saturated carbocycles. The fraction of sp³-hybridized carbons (Fsp3) is 1.00. The predicted molar refractivity (Wildman–Crippen MR) is 247 cm³/mol. The molecule has 0 saturated heterocycles. The van der Waals surface area contributed by atoms with Crippen molar-refractivity contribution in [2.45, 2.75) is 104 Å². The van der Waals surface area contributed by atoms with Crippen LogP contribution in [0.1, 0.15) is 80.1 Å². The molecule has 328 valence electrons. The van der Waals surface area contributed by atoms with Crippen LogP contribution in [0.3, 0.4) is 0 Å². The zero-order chi connectivity index (χ0) is 40.9. The average Bonchev–Trinajstić information content (AvgIpc) is 3.17. The number of unbranched alkanes of at least 4 members (excludes halogenated alkanes) is 2. The van der Waals surface area contributed by atoms with Gasteiger partial charge in [-0.25, -0.2) is 0 Å². The van der Waals surface area contributed by atoms with E-state index in [0.29, 0.717) is 39.6 Å². The van der Waals surface area contributed by atoms with E-state index in [1.807, 2.05) is 104 Å². The lowest BCUT2D eigenvalue weighted by atomic mass is 10.4. The highest BCUT2D eigenvalue weighted by Crippen LogP contribution is 2.37. The van der Waals surface area contributed by atoms with Crippen molar-refractivity contribution in [3.05, 3.63) is 0 Å². The summed E-state index contributed by atoms with van der Waals surface area (Å²) in [5, 5.41) is 0. The lowest BCUT2D eigenvalue weighted by molar-refractivity contribution is 0.0700. The lowest BCUT2D eigenvalue weighted by Gasteiger charge is -2.28. The summed E-state index contributed by atoms with van der Waals surface area (Å²) in [6.07, 6.45) is 6.53. The Morgan fingerprint density at radius 1 is 0.296 bits per heavy atom. The molecule has 0 bridgehead atoms. The third-order valence-corrected chi connectivity index (χ3v) is 28.4. The Kier molecular flexibility index (Phi) is 43.0. The Bertz CT molecular complexity index is 696. The van der Waals surface area contributed by atoms with Crippen molar-refractivity contribution >= 4 is 98.0 Å². The van der Waals surface area contributed by atoms with Crippen molar-refractivity contribution in [3.63, 3.8) is 0 Å². The Balaban J connectivity index is 0. The van der Waals surface area contributed by atoms with Gasteiger partial charge in [0.1, 0.15) is 0 Å². The van der Waals surface area contributed by atoms with Gasteiger partial charge in [0, 0.05) is 129 Å². The molecule has 0 aromatic rings. The van der Waals surface area contributed by atoms with Crippen LogP contribution in [-0.4, -0.2) is 141 Å². The molecule has 0 fully saturated rings. The Morgan fingerprint density at radius 3 is 0.741 bits per heavy atom. The maximum atomic E-state index is 5.92. The smallest absolute Gasteiger partial charge is 0.377 e. The standard InChI is InChI=1S/C20H46O6S3Si2.C12H30O6S3Si2/c1-7-21-30(22-8-2,23-9-3)19-15-13-17-27-29-28-18-14-16-20-31(24-10-4,25-11-5)26-12-6;1-13-22(14-2,15-3)11-7-9-19-21-20-10-8-12-23(16-4,17-5)18-6/h7-20H2,1-6H3;7-12H2,1-6H3. The van der Waals surface area contributed by atoms with E-state index in [1.54, 1.807) is 42.7 Å². The van der Waals surface area contributed by atoms with Crippen LogP contribution in [0.5, 0.6) is 0 Å². The molecule has 0 aliphatic carbocycles. The lowest BCUT2D eigenvalue weighted by Crippen LogP contribution is -2.45. The molecule has 0 rings (SSSR count). The highest BCUT2D eigenvalue weighted by molar-refractivity contribution is 9.09. The Morgan fingerprint density at radius 2 is 0.519 bits per heavy atom. The first kappa shape index (κ1) is 58.6. The van der Waals surface area contributed by atoms with Crippen molar-refractivity contribution < 1.29 is 53.1 Å². The van der Waals surface area contributed by atoms with Crippen LogP contribution in [0.2, 0.25) is 24.2 Å². The van der Waals surface area contributed by atoms with Gasteiger partial charge in [0.25, 0.3) is 0 Å². The van der Waals surface area contributed by atoms with E-state index < -0.39 is 35.2 Å². The summed E-state index contributed by atoms with van der Waals surface area (Å²) in [5.74, 6) is 4.38. The van der Waals surface area contributed by atoms with E-state index >= 15 is 0 Å². The molecule has 0 radical (unpaired) electrons. The molecule has 0 amide bonds. The van der Waals surface area contributed by atoms with Crippen LogP contribution >= 0.6 is 62.8 Å². The second-order valence-corrected chi connectivity index (χ2v) is 31.7. The van der Waals surface area contributed by atoms with Crippen molar-refractivity contribution in [2.24, 2.45) is 0 Å². The topological polar surface area (TPSA) is 111 Å². The van der Waals surface area contributed by atoms with Crippen LogP contribution in [0.15, 0.2) is 0 Å². The summed E-state index contributed by atoms with van der Waals surface area (Å²) in [6.45, 7) is 16.0. The molecular weight excluding hydrogens is 881 g/mol. The summed E-state index contributed by atoms with van der Waals surface area (Å²) in [7, 11) is 11.5. The van der Waals surface area contributed by atoms with Crippen molar-refractivity contribution in [1.29, 1.82) is 0 Å². The third-order valence-electron chi connectivity index (χ3n) is 7.59. The maximum absolute atomic E-state index is 5.92. The fourth-order valence-corrected chi connectivity index (χ4v) is 22.2. The zero-order valence-electron chi connectivity index (χ0n) is 35.5. The molecule has 0 aliphatic rings. The number of rotatable bonds is 40. The second-order valence-electron chi connectivity index (χ2n) is 11.1. The molecule has 0 spiro atoms. The largest absolute Gasteiger partial charge is 0.500 e. The van der Waals surface area contributed by atoms with Gasteiger partial charge in [-0.1, -0.05) is 43.2 Å². The molecule has 0 N–H and O–H groups in total. The van der Waals surface area contributed by atoms with E-state index in [9.17, 15) is 0 Å². The minimum absolute atomic E-state index is 0.650. The van der Waals surface area contributed by atoms with E-state index in [4.69, 9.17) is 53.1 Å². The molecule has 22 heteroatoms. The first-order chi connectivity index (χ1) is 26.1. The van der Waals surface area contributed by atoms with Gasteiger partial charge < -0.3 is 53.1 Å². The van der Waals surface area contributed by atoms with Gasteiger partial charge in [-0.05, 0) is 99.7 Å². The second kappa shape index (κ2) is 39.6. The van der Waals surface area contributed by atoms with Crippen LogP contribution < -0.4 is 0 Å². The fourth-order valence-electron chi connectivity index (χ4n) is 5.02. The summed E-state index contributed by atoms with van der Waals surface area (Å²) in [4.78, 5) is 0. The molecule has 12 nitrogen and oxygen atoms in total. The summed E-state index contributed by atoms with van der Waals surface area (Å²) in [5.41, 5.74) is 0. The van der Waals surface area contributed by atoms with Gasteiger partial charge in [-0.2, -0.15) is 0 Å². The zero-order valence-corrected chi connectivity index (χ0v) is 44.4. The van der Waals surface area contributed by atoms with Crippen LogP contribution in [-0.2, 0) is 53.1 Å². The third kappa shape index (κ3) is 28.1. The van der Waals surface area contributed by atoms with Gasteiger partial charge in [0.15, 0.2) is 0 Å². The summed E-state index contributed by atoms with van der Waals surface area (Å²) in [6, 6.07) is 3.51. The highest BCUT2D eigenvalue weighted by atomic mass is 33.5. The molecule has 54 heavy (non-hydrogen) atoms. The first-order valence-electron chi connectivity index (χ1n) is 19.1. The van der Waals surface area contributed by atoms with E-state index in [0.717, 1.165) is 85.7 Å². The quantitative estimate of drug-likeness (QED) is 0.0330. The summed E-state index contributed by atoms with van der Waals surface area (Å²) < 4.78 is 67.9. The van der Waals surface area contributed by atoms with Crippen LogP contribution in [0.4, 0.5) is 0 Å². The predicted octanol–water partition coefficient (Wildman–Crippen LogP) is 10.2. The van der Waals surface area contributed by atoms with E-state index in [2.05, 4.69) is 0 Å². The van der Waals surface area contributed by atoms with E-state index in [1.165, 1.54) is 0 Å². The van der Waals surface area contributed by atoms with Gasteiger partial charge in [0.05, 0.1) is 0 Å². The van der Waals surface area contributed by atoms with Crippen LogP contribution in [0, 0.1) is 0 Å². The highest BCUT2D eigenvalue weighted by Gasteiger charge is 2.41. The average molecular weight is 958 g/mol. The molecule has 0 atom stereocenters. The first-order valence-corrected chi connectivity index (χ1v) is 34.5. The maximum Gasteiger partial charge on any atom is 0.500 e. The van der Waals surface area contributed by atoms with Crippen molar-refractivity contribution in [3.8, 4) is 0 Å². The molecule has 0 unspecified atom stereocenters. The van der Waals surface area contributed by atoms with Gasteiger partial charge >= 0.3 is 35.2 Å². The van der Waals surface area contributed by atoms with Gasteiger partial charge in [0.2, 0.25) is 0 Å². The minimum atomic E-state index is -2.47. The Hall–Kier alpha value is 2.49. The summed E-state index contributed by atoms with van der Waals surface area (Å²) >= 11 is 0. The molecule has 0 aliphatic heterocycles. The van der Waals surface area contributed by atoms with Crippen LogP contribution in [0.25, 0.3) is 0 Å². The van der Waals surface area contributed by atoms with E-state index in [-0.39, 0.29) is 0 Å². The molecule has 0 heterocycles. The van der Waals surface area contributed by atoms with Crippen molar-refractivity contribution in [1.82, 2.24) is 0 Å². The molecular formula is C32H76O12S6Si4. The normalized spacial score (nSPS) is 12.7. The number of hydrogen-bond acceptors (Lipinski definition) is 18.